The molecule has 1 aliphatic heterocycles. The van der Waals surface area contributed by atoms with E-state index in [0.29, 0.717) is 0 Å². The number of hydrogen-bond acceptors (Lipinski definition) is 3. The van der Waals surface area contributed by atoms with E-state index in [0.717, 1.165) is 0 Å². The van der Waals surface area contributed by atoms with E-state index in [4.69, 9.17) is 0 Å². The molecule has 0 amide bonds. The van der Waals surface area contributed by atoms with Crippen LogP contribution in [-0.4, -0.2) is 17.2 Å². The molecule has 0 aliphatic carbocycles. The Morgan fingerprint density at radius 3 is 2.11 bits per heavy atom. The molecule has 3 heteroatoms. The van der Waals surface area contributed by atoms with Gasteiger partial charge in [0.2, 0.25) is 0 Å². The van der Waals surface area contributed by atoms with Gasteiger partial charge < -0.3 is 0 Å². The Hall–Kier alpha value is -0.570. The summed E-state index contributed by atoms with van der Waals surface area (Å²) in [6, 6.07) is 0. The monoisotopic (exact) mass is 140 g/mol. The van der Waals surface area contributed by atoms with Crippen molar-refractivity contribution in [1.29, 1.82) is 0 Å². The summed E-state index contributed by atoms with van der Waals surface area (Å²) < 4.78 is -0.288. The van der Waals surface area contributed by atoms with Gasteiger partial charge in [0.05, 0.1) is 4.75 Å². The zero-order chi connectivity index (χ0) is 6.74. The third-order valence-electron chi connectivity index (χ3n) is 0.911. The lowest BCUT2D eigenvalue weighted by Crippen LogP contribution is -2.19. The largest absolute Gasteiger partial charge is 0.266 e. The van der Waals surface area contributed by atoms with Gasteiger partial charge in [-0.3, -0.25) is 9.98 Å². The molecule has 0 bridgehead atoms. The van der Waals surface area contributed by atoms with Crippen LogP contribution in [-0.2, 0) is 0 Å². The maximum Gasteiger partial charge on any atom is 0.0802 e. The van der Waals surface area contributed by atoms with Gasteiger partial charge in [0.25, 0.3) is 0 Å². The maximum absolute atomic E-state index is 4.25. The number of hydrogen-bond donors (Lipinski definition) is 1. The number of rotatable bonds is 0. The van der Waals surface area contributed by atoms with Crippen molar-refractivity contribution in [2.45, 2.75) is 11.7 Å². The average molecular weight is 140 g/mol. The van der Waals surface area contributed by atoms with E-state index >= 15 is 0 Å². The first-order valence-electron chi connectivity index (χ1n) is 2.67. The van der Waals surface area contributed by atoms with Crippen LogP contribution in [0.3, 0.4) is 0 Å². The van der Waals surface area contributed by atoms with Crippen molar-refractivity contribution in [3.63, 3.8) is 0 Å². The van der Waals surface area contributed by atoms with Crippen molar-refractivity contribution in [3.8, 4) is 0 Å². The van der Waals surface area contributed by atoms with Gasteiger partial charge in [-0.2, -0.15) is 12.6 Å². The van der Waals surface area contributed by atoms with E-state index < -0.39 is 0 Å². The van der Waals surface area contributed by atoms with Gasteiger partial charge in [-0.1, -0.05) is 0 Å². The molecule has 0 spiro atoms. The van der Waals surface area contributed by atoms with Gasteiger partial charge in [-0.15, -0.1) is 0 Å². The first-order chi connectivity index (χ1) is 4.21. The van der Waals surface area contributed by atoms with Crippen LogP contribution in [0.5, 0.6) is 0 Å². The zero-order valence-electron chi connectivity index (χ0n) is 5.15. The fraction of sp³-hybridized carbons (Fsp3) is 0.333. The molecule has 0 fully saturated rings. The van der Waals surface area contributed by atoms with E-state index in [1.807, 2.05) is 6.92 Å². The molecule has 9 heavy (non-hydrogen) atoms. The number of nitrogens with zero attached hydrogens (tertiary/aromatic N) is 2. The van der Waals surface area contributed by atoms with Crippen LogP contribution in [0.2, 0.25) is 0 Å². The molecule has 0 N–H and O–H groups in total. The molecule has 0 aromatic carbocycles. The molecule has 1 rings (SSSR count). The van der Waals surface area contributed by atoms with Crippen LogP contribution >= 0.6 is 12.6 Å². The van der Waals surface area contributed by atoms with Crippen molar-refractivity contribution in [3.05, 3.63) is 12.4 Å². The summed E-state index contributed by atoms with van der Waals surface area (Å²) in [6.45, 7) is 1.93. The third-order valence-corrected chi connectivity index (χ3v) is 1.14. The molecular weight excluding hydrogens is 132 g/mol. The standard InChI is InChI=1S/C6H8N2S/c1-6(9)4-7-2-3-8-5-6/h2-5,9H,1H3. The van der Waals surface area contributed by atoms with Gasteiger partial charge in [-0.25, -0.2) is 0 Å². The highest BCUT2D eigenvalue weighted by molar-refractivity contribution is 7.83. The van der Waals surface area contributed by atoms with Gasteiger partial charge >= 0.3 is 0 Å². The van der Waals surface area contributed by atoms with E-state index in [9.17, 15) is 0 Å². The molecule has 0 radical (unpaired) electrons. The third kappa shape index (κ3) is 2.01. The Morgan fingerprint density at radius 1 is 1.22 bits per heavy atom. The molecule has 48 valence electrons. The van der Waals surface area contributed by atoms with Crippen LogP contribution in [0.15, 0.2) is 22.4 Å². The minimum atomic E-state index is -0.288. The molecule has 0 saturated heterocycles. The number of aliphatic imine (C=N–C) groups is 2. The quantitative estimate of drug-likeness (QED) is 0.491. The van der Waals surface area contributed by atoms with Crippen LogP contribution in [0.4, 0.5) is 0 Å². The second-order valence-corrected chi connectivity index (χ2v) is 3.04. The van der Waals surface area contributed by atoms with Crippen molar-refractivity contribution in [2.75, 3.05) is 0 Å². The van der Waals surface area contributed by atoms with Crippen LogP contribution in [0.1, 0.15) is 6.92 Å². The summed E-state index contributed by atoms with van der Waals surface area (Å²) >= 11 is 4.25. The predicted molar refractivity (Wildman–Crippen MR) is 43.5 cm³/mol. The second-order valence-electron chi connectivity index (χ2n) is 2.08. The van der Waals surface area contributed by atoms with Crippen LogP contribution in [0.25, 0.3) is 0 Å². The normalized spacial score (nSPS) is 22.0. The molecule has 1 aliphatic rings. The van der Waals surface area contributed by atoms with Crippen molar-refractivity contribution in [1.82, 2.24) is 0 Å². The van der Waals surface area contributed by atoms with Crippen molar-refractivity contribution < 1.29 is 0 Å². The predicted octanol–water partition coefficient (Wildman–Crippen LogP) is 1.30. The van der Waals surface area contributed by atoms with Crippen molar-refractivity contribution >= 4 is 25.1 Å². The summed E-state index contributed by atoms with van der Waals surface area (Å²) in [5, 5.41) is 0. The Balaban J connectivity index is 2.82. The topological polar surface area (TPSA) is 24.7 Å². The molecule has 0 aromatic rings. The van der Waals surface area contributed by atoms with Crippen molar-refractivity contribution in [2.24, 2.45) is 9.98 Å². The highest BCUT2D eigenvalue weighted by atomic mass is 32.1. The van der Waals surface area contributed by atoms with E-state index in [-0.39, 0.29) is 4.75 Å². The number of thiol groups is 1. The maximum atomic E-state index is 4.25. The van der Waals surface area contributed by atoms with E-state index in [1.165, 1.54) is 0 Å². The van der Waals surface area contributed by atoms with Gasteiger partial charge in [0.1, 0.15) is 0 Å². The molecule has 0 saturated carbocycles. The average Bonchev–Trinajstić information content (AvgIpc) is 1.92. The molecule has 0 atom stereocenters. The summed E-state index contributed by atoms with van der Waals surface area (Å²) in [6.07, 6.45) is 6.75. The Labute approximate surface area is 59.8 Å². The summed E-state index contributed by atoms with van der Waals surface area (Å²) in [4.78, 5) is 7.83. The Bertz CT molecular complexity index is 161. The molecule has 0 aromatic heterocycles. The smallest absolute Gasteiger partial charge is 0.0802 e. The van der Waals surface area contributed by atoms with E-state index in [2.05, 4.69) is 22.6 Å². The van der Waals surface area contributed by atoms with E-state index in [1.54, 1.807) is 24.8 Å². The van der Waals surface area contributed by atoms with Gasteiger partial charge in [0.15, 0.2) is 0 Å². The molecule has 2 nitrogen and oxygen atoms in total. The Morgan fingerprint density at radius 2 is 1.67 bits per heavy atom. The fourth-order valence-electron chi connectivity index (χ4n) is 0.498. The lowest BCUT2D eigenvalue weighted by molar-refractivity contribution is 1.20. The lowest BCUT2D eigenvalue weighted by atomic mass is 10.2. The van der Waals surface area contributed by atoms with Gasteiger partial charge in [0, 0.05) is 24.8 Å². The van der Waals surface area contributed by atoms with Crippen LogP contribution < -0.4 is 0 Å². The summed E-state index contributed by atoms with van der Waals surface area (Å²) in [5.74, 6) is 0. The van der Waals surface area contributed by atoms with Crippen LogP contribution in [0, 0.1) is 0 Å². The minimum absolute atomic E-state index is 0.288. The summed E-state index contributed by atoms with van der Waals surface area (Å²) in [7, 11) is 0. The first kappa shape index (κ1) is 6.55. The highest BCUT2D eigenvalue weighted by Crippen LogP contribution is 2.08. The lowest BCUT2D eigenvalue weighted by Gasteiger charge is -2.07. The Kier molecular flexibility index (Phi) is 1.71. The van der Waals surface area contributed by atoms with Gasteiger partial charge in [-0.05, 0) is 6.92 Å². The molecule has 1 heterocycles. The molecule has 0 unspecified atom stereocenters. The molecular formula is C6H8N2S. The summed E-state index contributed by atoms with van der Waals surface area (Å²) in [5.41, 5.74) is 0. The highest BCUT2D eigenvalue weighted by Gasteiger charge is 2.11. The zero-order valence-corrected chi connectivity index (χ0v) is 6.05. The SMILES string of the molecule is CC1(S)C=NC=CN=C1. The first-order valence-corrected chi connectivity index (χ1v) is 3.11. The second kappa shape index (κ2) is 2.35. The minimum Gasteiger partial charge on any atom is -0.266 e. The fourth-order valence-corrected chi connectivity index (χ4v) is 0.632.